The molecule has 5 rings (SSSR count). The van der Waals surface area contributed by atoms with Gasteiger partial charge in [-0.2, -0.15) is 0 Å². The van der Waals surface area contributed by atoms with Crippen LogP contribution in [0.4, 0.5) is 0 Å². The molecule has 0 unspecified atom stereocenters. The van der Waals surface area contributed by atoms with Gasteiger partial charge in [-0.15, -0.1) is 0 Å². The lowest BCUT2D eigenvalue weighted by Crippen LogP contribution is -2.22. The van der Waals surface area contributed by atoms with Crippen molar-refractivity contribution in [2.45, 2.75) is 6.92 Å². The van der Waals surface area contributed by atoms with Crippen LogP contribution >= 0.6 is 11.3 Å². The Kier molecular flexibility index (Phi) is 7.44. The van der Waals surface area contributed by atoms with E-state index in [4.69, 9.17) is 18.9 Å². The second-order valence-electron chi connectivity index (χ2n) is 7.90. The summed E-state index contributed by atoms with van der Waals surface area (Å²) < 4.78 is 25.2. The van der Waals surface area contributed by atoms with Crippen molar-refractivity contribution in [1.29, 1.82) is 0 Å². The Morgan fingerprint density at radius 3 is 2.47 bits per heavy atom. The summed E-state index contributed by atoms with van der Waals surface area (Å²) in [6.45, 7) is 4.18. The van der Waals surface area contributed by atoms with Crippen LogP contribution in [-0.2, 0) is 4.74 Å². The van der Waals surface area contributed by atoms with E-state index >= 15 is 0 Å². The highest BCUT2D eigenvalue weighted by Crippen LogP contribution is 2.29. The number of para-hydroxylation sites is 3. The predicted molar refractivity (Wildman–Crippen MR) is 141 cm³/mol. The lowest BCUT2D eigenvalue weighted by atomic mass is 10.2. The topological polar surface area (TPSA) is 71.3 Å². The van der Waals surface area contributed by atoms with Gasteiger partial charge in [-0.3, -0.25) is 4.79 Å². The molecule has 36 heavy (non-hydrogen) atoms. The summed E-state index contributed by atoms with van der Waals surface area (Å²) >= 11 is 1.37. The third-order valence-corrected chi connectivity index (χ3v) is 6.40. The Hall–Kier alpha value is -3.88. The van der Waals surface area contributed by atoms with E-state index in [9.17, 15) is 4.79 Å². The molecule has 0 atom stereocenters. The zero-order valence-electron chi connectivity index (χ0n) is 19.9. The normalized spacial score (nSPS) is 11.9. The van der Waals surface area contributed by atoms with Gasteiger partial charge in [0.1, 0.15) is 19.0 Å². The largest absolute Gasteiger partial charge is 0.491 e. The average molecular weight is 503 g/mol. The molecule has 0 fully saturated rings. The van der Waals surface area contributed by atoms with E-state index in [1.165, 1.54) is 11.3 Å². The van der Waals surface area contributed by atoms with E-state index in [0.717, 1.165) is 22.3 Å². The summed E-state index contributed by atoms with van der Waals surface area (Å²) in [7, 11) is 0. The number of nitrogens with zero attached hydrogens (tertiary/aromatic N) is 2. The first-order valence-electron chi connectivity index (χ1n) is 11.8. The van der Waals surface area contributed by atoms with Crippen LogP contribution in [0.1, 0.15) is 12.5 Å². The van der Waals surface area contributed by atoms with Crippen molar-refractivity contribution in [3.8, 4) is 17.2 Å². The highest BCUT2D eigenvalue weighted by Gasteiger charge is 2.11. The minimum absolute atomic E-state index is 0.0737. The molecule has 184 valence electrons. The van der Waals surface area contributed by atoms with E-state index in [-0.39, 0.29) is 5.56 Å². The number of thiazole rings is 1. The molecule has 0 saturated carbocycles. The Balaban J connectivity index is 1.22. The third kappa shape index (κ3) is 5.35. The Morgan fingerprint density at radius 1 is 0.861 bits per heavy atom. The van der Waals surface area contributed by atoms with Crippen LogP contribution in [0.15, 0.2) is 77.6 Å². The fourth-order valence-corrected chi connectivity index (χ4v) is 4.80. The first kappa shape index (κ1) is 23.8. The molecule has 0 bridgehead atoms. The quantitative estimate of drug-likeness (QED) is 0.251. The minimum Gasteiger partial charge on any atom is -0.491 e. The van der Waals surface area contributed by atoms with E-state index in [1.807, 2.05) is 85.8 Å². The SMILES string of the molecule is CCOc1cc(C=c2sc3nc4ccccc4n3c2=O)ccc1OCCOCCOc1ccccc1. The molecule has 5 aromatic rings. The van der Waals surface area contributed by atoms with Crippen LogP contribution in [0, 0.1) is 0 Å². The standard InChI is InChI=1S/C28H26N2O5S/c1-2-33-25-18-20(19-26-27(31)30-23-11-7-6-10-22(23)29-28(30)36-26)12-13-24(25)35-17-15-32-14-16-34-21-8-4-3-5-9-21/h3-13,18-19H,2,14-17H2,1H3. The van der Waals surface area contributed by atoms with Gasteiger partial charge < -0.3 is 18.9 Å². The number of ether oxygens (including phenoxy) is 4. The molecular weight excluding hydrogens is 476 g/mol. The zero-order valence-corrected chi connectivity index (χ0v) is 20.7. The van der Waals surface area contributed by atoms with Gasteiger partial charge in [-0.05, 0) is 55.0 Å². The van der Waals surface area contributed by atoms with E-state index in [0.29, 0.717) is 54.0 Å². The molecule has 2 heterocycles. The molecule has 3 aromatic carbocycles. The first-order chi connectivity index (χ1) is 17.7. The number of aromatic nitrogens is 2. The monoisotopic (exact) mass is 502 g/mol. The van der Waals surface area contributed by atoms with Gasteiger partial charge in [0.25, 0.3) is 5.56 Å². The molecule has 0 amide bonds. The van der Waals surface area contributed by atoms with Gasteiger partial charge in [0.15, 0.2) is 16.5 Å². The Morgan fingerprint density at radius 2 is 1.64 bits per heavy atom. The van der Waals surface area contributed by atoms with Gasteiger partial charge in [0.2, 0.25) is 0 Å². The number of hydrogen-bond donors (Lipinski definition) is 0. The minimum atomic E-state index is -0.0737. The van der Waals surface area contributed by atoms with Crippen molar-refractivity contribution >= 4 is 33.4 Å². The first-order valence-corrected chi connectivity index (χ1v) is 12.6. The lowest BCUT2D eigenvalue weighted by Gasteiger charge is -2.13. The fourth-order valence-electron chi connectivity index (χ4n) is 3.81. The second-order valence-corrected chi connectivity index (χ2v) is 8.90. The molecule has 0 radical (unpaired) electrons. The number of rotatable bonds is 11. The fraction of sp³-hybridized carbons (Fsp3) is 0.214. The van der Waals surface area contributed by atoms with Gasteiger partial charge in [0, 0.05) is 0 Å². The molecule has 0 spiro atoms. The van der Waals surface area contributed by atoms with Crippen molar-refractivity contribution in [3.05, 3.63) is 93.2 Å². The van der Waals surface area contributed by atoms with E-state index < -0.39 is 0 Å². The Bertz CT molecular complexity index is 1560. The zero-order chi connectivity index (χ0) is 24.7. The van der Waals surface area contributed by atoms with Gasteiger partial charge in [-0.25, -0.2) is 9.38 Å². The van der Waals surface area contributed by atoms with E-state index in [1.54, 1.807) is 4.40 Å². The maximum Gasteiger partial charge on any atom is 0.274 e. The summed E-state index contributed by atoms with van der Waals surface area (Å²) in [4.78, 5) is 18.3. The van der Waals surface area contributed by atoms with Crippen molar-refractivity contribution < 1.29 is 18.9 Å². The molecule has 0 saturated heterocycles. The maximum atomic E-state index is 13.0. The average Bonchev–Trinajstić information content (AvgIpc) is 3.41. The smallest absolute Gasteiger partial charge is 0.274 e. The van der Waals surface area contributed by atoms with Crippen molar-refractivity contribution in [3.63, 3.8) is 0 Å². The van der Waals surface area contributed by atoms with Crippen molar-refractivity contribution in [1.82, 2.24) is 9.38 Å². The van der Waals surface area contributed by atoms with Crippen LogP contribution < -0.4 is 24.3 Å². The highest BCUT2D eigenvalue weighted by molar-refractivity contribution is 7.15. The Labute approximate surface area is 212 Å². The maximum absolute atomic E-state index is 13.0. The predicted octanol–water partition coefficient (Wildman–Crippen LogP) is 4.33. The molecule has 0 aliphatic heterocycles. The molecule has 2 aromatic heterocycles. The number of benzene rings is 3. The van der Waals surface area contributed by atoms with Crippen LogP contribution in [0.25, 0.3) is 22.1 Å². The molecule has 0 aliphatic carbocycles. The van der Waals surface area contributed by atoms with Gasteiger partial charge in [0.05, 0.1) is 35.4 Å². The summed E-state index contributed by atoms with van der Waals surface area (Å²) in [5, 5.41) is 0. The molecule has 7 nitrogen and oxygen atoms in total. The molecule has 0 N–H and O–H groups in total. The molecule has 8 heteroatoms. The number of fused-ring (bicyclic) bond motifs is 3. The second kappa shape index (κ2) is 11.2. The third-order valence-electron chi connectivity index (χ3n) is 5.44. The highest BCUT2D eigenvalue weighted by atomic mass is 32.1. The van der Waals surface area contributed by atoms with Crippen LogP contribution in [0.2, 0.25) is 0 Å². The lowest BCUT2D eigenvalue weighted by molar-refractivity contribution is 0.0755. The summed E-state index contributed by atoms with van der Waals surface area (Å²) in [5.41, 5.74) is 2.42. The summed E-state index contributed by atoms with van der Waals surface area (Å²) in [6, 6.07) is 22.9. The summed E-state index contributed by atoms with van der Waals surface area (Å²) in [6.07, 6.45) is 1.86. The summed E-state index contributed by atoms with van der Waals surface area (Å²) in [5.74, 6) is 2.08. The van der Waals surface area contributed by atoms with Crippen molar-refractivity contribution in [2.75, 3.05) is 33.0 Å². The number of hydrogen-bond acceptors (Lipinski definition) is 7. The van der Waals surface area contributed by atoms with Gasteiger partial charge >= 0.3 is 0 Å². The van der Waals surface area contributed by atoms with Crippen molar-refractivity contribution in [2.24, 2.45) is 0 Å². The van der Waals surface area contributed by atoms with Gasteiger partial charge in [-0.1, -0.05) is 47.7 Å². The van der Waals surface area contributed by atoms with Crippen LogP contribution in [-0.4, -0.2) is 42.4 Å². The number of imidazole rings is 1. The van der Waals surface area contributed by atoms with Crippen LogP contribution in [0.3, 0.4) is 0 Å². The molecular formula is C28H26N2O5S. The van der Waals surface area contributed by atoms with Crippen LogP contribution in [0.5, 0.6) is 17.2 Å². The molecule has 0 aliphatic rings. The van der Waals surface area contributed by atoms with E-state index in [2.05, 4.69) is 4.98 Å².